The fraction of sp³-hybridized carbons (Fsp3) is 0.167. The Balaban J connectivity index is 2.02. The summed E-state index contributed by atoms with van der Waals surface area (Å²) in [5, 5.41) is 9.35. The quantitative estimate of drug-likeness (QED) is 0.703. The summed E-state index contributed by atoms with van der Waals surface area (Å²) < 4.78 is 2.21. The van der Waals surface area contributed by atoms with Gasteiger partial charge in [0.2, 0.25) is 0 Å². The van der Waals surface area contributed by atoms with E-state index in [1.807, 2.05) is 18.2 Å². The number of carboxylic acid groups (broad SMARTS) is 1. The van der Waals surface area contributed by atoms with Gasteiger partial charge in [0.15, 0.2) is 0 Å². The Kier molecular flexibility index (Phi) is 5.31. The second kappa shape index (κ2) is 7.63. The monoisotopic (exact) mass is 374 g/mol. The standard InChI is InChI=1S/C18H15ClN2O3S/c19-15-9-7-12(25-15)8-10-16-20-14-5-2-1-4-13(14)18(24)21(16)11-3-6-17(22)23/h1-2,4-5,7-10H,3,6,11H2,(H,22,23). The molecule has 5 nitrogen and oxygen atoms in total. The van der Waals surface area contributed by atoms with Crippen LogP contribution in [0.25, 0.3) is 23.1 Å². The van der Waals surface area contributed by atoms with Gasteiger partial charge in [-0.15, -0.1) is 11.3 Å². The topological polar surface area (TPSA) is 72.2 Å². The van der Waals surface area contributed by atoms with Gasteiger partial charge >= 0.3 is 5.97 Å². The molecule has 25 heavy (non-hydrogen) atoms. The van der Waals surface area contributed by atoms with Crippen molar-refractivity contribution in [2.45, 2.75) is 19.4 Å². The molecule has 0 saturated heterocycles. The van der Waals surface area contributed by atoms with Crippen molar-refractivity contribution in [3.63, 3.8) is 0 Å². The van der Waals surface area contributed by atoms with Crippen LogP contribution in [0.4, 0.5) is 0 Å². The number of aliphatic carboxylic acids is 1. The van der Waals surface area contributed by atoms with Gasteiger partial charge in [-0.1, -0.05) is 23.7 Å². The molecule has 0 bridgehead atoms. The zero-order valence-electron chi connectivity index (χ0n) is 13.2. The normalized spacial score (nSPS) is 11.4. The highest BCUT2D eigenvalue weighted by Crippen LogP contribution is 2.23. The lowest BCUT2D eigenvalue weighted by molar-refractivity contribution is -0.137. The lowest BCUT2D eigenvalue weighted by atomic mass is 10.2. The maximum atomic E-state index is 12.8. The summed E-state index contributed by atoms with van der Waals surface area (Å²) in [6, 6.07) is 10.8. The second-order valence-corrected chi connectivity index (χ2v) is 7.16. The van der Waals surface area contributed by atoms with Gasteiger partial charge in [0.05, 0.1) is 15.2 Å². The number of hydrogen-bond donors (Lipinski definition) is 1. The first-order valence-corrected chi connectivity index (χ1v) is 8.89. The summed E-state index contributed by atoms with van der Waals surface area (Å²) in [6.45, 7) is 0.299. The summed E-state index contributed by atoms with van der Waals surface area (Å²) in [5.74, 6) is -0.384. The minimum atomic E-state index is -0.882. The fourth-order valence-corrected chi connectivity index (χ4v) is 3.46. The maximum absolute atomic E-state index is 12.8. The van der Waals surface area contributed by atoms with E-state index in [4.69, 9.17) is 16.7 Å². The number of aromatic nitrogens is 2. The van der Waals surface area contributed by atoms with E-state index >= 15 is 0 Å². The zero-order chi connectivity index (χ0) is 17.8. The van der Waals surface area contributed by atoms with E-state index in [-0.39, 0.29) is 12.0 Å². The lowest BCUT2D eigenvalue weighted by Crippen LogP contribution is -2.24. The molecule has 3 rings (SSSR count). The molecule has 128 valence electrons. The molecule has 0 amide bonds. The molecule has 0 aliphatic rings. The van der Waals surface area contributed by atoms with Crippen LogP contribution in [-0.2, 0) is 11.3 Å². The molecule has 2 aromatic heterocycles. The Bertz CT molecular complexity index is 1010. The SMILES string of the molecule is O=C(O)CCCn1c(C=Cc2ccc(Cl)s2)nc2ccccc2c1=O. The van der Waals surface area contributed by atoms with Crippen LogP contribution < -0.4 is 5.56 Å². The Morgan fingerprint density at radius 2 is 2.04 bits per heavy atom. The highest BCUT2D eigenvalue weighted by Gasteiger charge is 2.09. The molecule has 0 aliphatic carbocycles. The molecule has 3 aromatic rings. The first-order chi connectivity index (χ1) is 12.0. The second-order valence-electron chi connectivity index (χ2n) is 5.42. The van der Waals surface area contributed by atoms with Crippen molar-refractivity contribution >= 4 is 52.0 Å². The number of carboxylic acids is 1. The van der Waals surface area contributed by atoms with E-state index in [2.05, 4.69) is 4.98 Å². The Hall–Kier alpha value is -2.44. The molecule has 0 spiro atoms. The van der Waals surface area contributed by atoms with Crippen molar-refractivity contribution < 1.29 is 9.90 Å². The molecule has 0 fully saturated rings. The number of thiophene rings is 1. The van der Waals surface area contributed by atoms with Crippen molar-refractivity contribution in [2.24, 2.45) is 0 Å². The van der Waals surface area contributed by atoms with E-state index in [9.17, 15) is 9.59 Å². The number of benzene rings is 1. The molecule has 7 heteroatoms. The smallest absolute Gasteiger partial charge is 0.303 e. The molecular weight excluding hydrogens is 360 g/mol. The molecule has 0 atom stereocenters. The summed E-state index contributed by atoms with van der Waals surface area (Å²) in [7, 11) is 0. The minimum absolute atomic E-state index is 0.00293. The van der Waals surface area contributed by atoms with E-state index in [0.717, 1.165) is 4.88 Å². The predicted octanol–water partition coefficient (Wildman–Crippen LogP) is 4.15. The third-order valence-corrected chi connectivity index (χ3v) is 4.85. The van der Waals surface area contributed by atoms with Gasteiger partial charge < -0.3 is 5.11 Å². The number of hydrogen-bond acceptors (Lipinski definition) is 4. The van der Waals surface area contributed by atoms with Crippen LogP contribution in [0, 0.1) is 0 Å². The highest BCUT2D eigenvalue weighted by atomic mass is 35.5. The van der Waals surface area contributed by atoms with E-state index in [1.165, 1.54) is 15.9 Å². The molecule has 1 N–H and O–H groups in total. The van der Waals surface area contributed by atoms with E-state index < -0.39 is 5.97 Å². The van der Waals surface area contributed by atoms with Crippen molar-refractivity contribution in [1.82, 2.24) is 9.55 Å². The molecule has 0 unspecified atom stereocenters. The predicted molar refractivity (Wildman–Crippen MR) is 101 cm³/mol. The number of para-hydroxylation sites is 1. The summed E-state index contributed by atoms with van der Waals surface area (Å²) >= 11 is 7.36. The Labute approximate surface area is 152 Å². The van der Waals surface area contributed by atoms with E-state index in [1.54, 1.807) is 30.3 Å². The number of rotatable bonds is 6. The Morgan fingerprint density at radius 1 is 1.24 bits per heavy atom. The average Bonchev–Trinajstić information content (AvgIpc) is 3.00. The zero-order valence-corrected chi connectivity index (χ0v) is 14.8. The maximum Gasteiger partial charge on any atom is 0.303 e. The van der Waals surface area contributed by atoms with Crippen LogP contribution in [0.15, 0.2) is 41.2 Å². The van der Waals surface area contributed by atoms with Crippen LogP contribution in [-0.4, -0.2) is 20.6 Å². The fourth-order valence-electron chi connectivity index (χ4n) is 2.49. The molecule has 2 heterocycles. The third-order valence-electron chi connectivity index (χ3n) is 3.65. The largest absolute Gasteiger partial charge is 0.481 e. The summed E-state index contributed by atoms with van der Waals surface area (Å²) in [5.41, 5.74) is 0.450. The van der Waals surface area contributed by atoms with Crippen molar-refractivity contribution in [2.75, 3.05) is 0 Å². The molecule has 0 aliphatic heterocycles. The summed E-state index contributed by atoms with van der Waals surface area (Å²) in [4.78, 5) is 29.0. The van der Waals surface area contributed by atoms with Crippen LogP contribution in [0.2, 0.25) is 4.34 Å². The van der Waals surface area contributed by atoms with Crippen LogP contribution in [0.1, 0.15) is 23.5 Å². The minimum Gasteiger partial charge on any atom is -0.481 e. The van der Waals surface area contributed by atoms with Gasteiger partial charge in [0.1, 0.15) is 5.82 Å². The Morgan fingerprint density at radius 3 is 2.76 bits per heavy atom. The number of carbonyl (C=O) groups is 1. The van der Waals surface area contributed by atoms with E-state index in [0.29, 0.717) is 34.0 Å². The van der Waals surface area contributed by atoms with Crippen LogP contribution >= 0.6 is 22.9 Å². The van der Waals surface area contributed by atoms with Gasteiger partial charge in [0.25, 0.3) is 5.56 Å². The van der Waals surface area contributed by atoms with Crippen molar-refractivity contribution in [1.29, 1.82) is 0 Å². The summed E-state index contributed by atoms with van der Waals surface area (Å²) in [6.07, 6.45) is 3.97. The van der Waals surface area contributed by atoms with Gasteiger partial charge in [-0.25, -0.2) is 4.98 Å². The third kappa shape index (κ3) is 4.15. The lowest BCUT2D eigenvalue weighted by Gasteiger charge is -2.10. The van der Waals surface area contributed by atoms with Crippen LogP contribution in [0.5, 0.6) is 0 Å². The first kappa shape index (κ1) is 17.4. The van der Waals surface area contributed by atoms with Gasteiger partial charge in [-0.3, -0.25) is 14.2 Å². The number of fused-ring (bicyclic) bond motifs is 1. The van der Waals surface area contributed by atoms with Gasteiger partial charge in [-0.2, -0.15) is 0 Å². The van der Waals surface area contributed by atoms with Crippen molar-refractivity contribution in [3.05, 3.63) is 61.8 Å². The van der Waals surface area contributed by atoms with Gasteiger partial charge in [0, 0.05) is 17.8 Å². The highest BCUT2D eigenvalue weighted by molar-refractivity contribution is 7.17. The number of nitrogens with zero attached hydrogens (tertiary/aromatic N) is 2. The number of halogens is 1. The average molecular weight is 375 g/mol. The van der Waals surface area contributed by atoms with Crippen molar-refractivity contribution in [3.8, 4) is 0 Å². The molecular formula is C18H15ClN2O3S. The molecule has 1 aromatic carbocycles. The van der Waals surface area contributed by atoms with Crippen LogP contribution in [0.3, 0.4) is 0 Å². The molecule has 0 saturated carbocycles. The van der Waals surface area contributed by atoms with Gasteiger partial charge in [-0.05, 0) is 42.8 Å². The molecule has 0 radical (unpaired) electrons. The first-order valence-electron chi connectivity index (χ1n) is 7.69.